The van der Waals surface area contributed by atoms with E-state index >= 15 is 0 Å². The maximum atomic E-state index is 13.2. The number of rotatable bonds is 2. The molecular formula is C17H24N4O2. The van der Waals surface area contributed by atoms with Crippen LogP contribution in [0.5, 0.6) is 0 Å². The Labute approximate surface area is 136 Å². The number of aryl methyl sites for hydroxylation is 1. The highest BCUT2D eigenvalue weighted by atomic mass is 16.5. The van der Waals surface area contributed by atoms with Crippen LogP contribution in [0.25, 0.3) is 0 Å². The van der Waals surface area contributed by atoms with Crippen molar-refractivity contribution >= 4 is 5.91 Å². The van der Waals surface area contributed by atoms with Gasteiger partial charge in [-0.05, 0) is 33.2 Å². The first-order valence-electron chi connectivity index (χ1n) is 8.58. The molecule has 1 saturated carbocycles. The Morgan fingerprint density at radius 2 is 2.13 bits per heavy atom. The molecule has 3 aliphatic rings. The summed E-state index contributed by atoms with van der Waals surface area (Å²) in [6.07, 6.45) is 5.16. The molecule has 0 N–H and O–H groups in total. The van der Waals surface area contributed by atoms with Crippen LogP contribution in [0.2, 0.25) is 0 Å². The zero-order valence-corrected chi connectivity index (χ0v) is 13.9. The van der Waals surface area contributed by atoms with Crippen molar-refractivity contribution in [3.63, 3.8) is 0 Å². The topological polar surface area (TPSA) is 58.6 Å². The lowest BCUT2D eigenvalue weighted by Gasteiger charge is -2.46. The van der Waals surface area contributed by atoms with Crippen LogP contribution in [-0.2, 0) is 4.74 Å². The first kappa shape index (κ1) is 15.0. The fraction of sp³-hybridized carbons (Fsp3) is 0.706. The molecule has 2 atom stereocenters. The van der Waals surface area contributed by atoms with Gasteiger partial charge in [-0.1, -0.05) is 0 Å². The van der Waals surface area contributed by atoms with Crippen LogP contribution in [0.1, 0.15) is 47.1 Å². The average molecular weight is 316 g/mol. The summed E-state index contributed by atoms with van der Waals surface area (Å²) >= 11 is 0. The number of nitrogens with zero attached hydrogens (tertiary/aromatic N) is 4. The highest BCUT2D eigenvalue weighted by molar-refractivity contribution is 5.95. The number of hydrogen-bond donors (Lipinski definition) is 0. The number of morpholine rings is 1. The lowest BCUT2D eigenvalue weighted by molar-refractivity contribution is -0.0870. The van der Waals surface area contributed by atoms with Crippen molar-refractivity contribution in [3.05, 3.63) is 23.3 Å². The zero-order chi connectivity index (χ0) is 16.0. The molecule has 1 aliphatic carbocycles. The Morgan fingerprint density at radius 1 is 1.30 bits per heavy atom. The molecule has 23 heavy (non-hydrogen) atoms. The Balaban J connectivity index is 1.63. The van der Waals surface area contributed by atoms with Gasteiger partial charge in [0.05, 0.1) is 30.0 Å². The quantitative estimate of drug-likeness (QED) is 0.821. The lowest BCUT2D eigenvalue weighted by Crippen LogP contribution is -2.60. The van der Waals surface area contributed by atoms with Gasteiger partial charge in [-0.15, -0.1) is 0 Å². The van der Waals surface area contributed by atoms with E-state index in [1.807, 2.05) is 11.8 Å². The summed E-state index contributed by atoms with van der Waals surface area (Å²) in [5, 5.41) is 0. The Bertz CT molecular complexity index is 617. The number of carbonyl (C=O) groups excluding carboxylic acids is 1. The maximum Gasteiger partial charge on any atom is 0.257 e. The van der Waals surface area contributed by atoms with Crippen LogP contribution in [0.15, 0.2) is 6.20 Å². The first-order chi connectivity index (χ1) is 11.1. The number of piperidine rings is 1. The minimum absolute atomic E-state index is 0.0838. The van der Waals surface area contributed by atoms with Crippen molar-refractivity contribution in [2.45, 2.75) is 44.2 Å². The molecule has 0 bridgehead atoms. The molecule has 4 rings (SSSR count). The van der Waals surface area contributed by atoms with E-state index in [1.165, 1.54) is 0 Å². The van der Waals surface area contributed by atoms with Crippen molar-refractivity contribution in [3.8, 4) is 0 Å². The van der Waals surface area contributed by atoms with Crippen LogP contribution >= 0.6 is 0 Å². The molecule has 6 nitrogen and oxygen atoms in total. The number of amides is 1. The van der Waals surface area contributed by atoms with Crippen LogP contribution in [-0.4, -0.2) is 71.1 Å². The first-order valence-corrected chi connectivity index (χ1v) is 8.58. The van der Waals surface area contributed by atoms with E-state index in [4.69, 9.17) is 4.74 Å². The van der Waals surface area contributed by atoms with Crippen LogP contribution < -0.4 is 0 Å². The molecule has 3 fully saturated rings. The summed E-state index contributed by atoms with van der Waals surface area (Å²) in [6.45, 7) is 5.08. The molecule has 2 aliphatic heterocycles. The van der Waals surface area contributed by atoms with E-state index in [0.717, 1.165) is 43.9 Å². The Hall–Kier alpha value is -1.53. The number of fused-ring (bicyclic) bond motifs is 1. The predicted octanol–water partition coefficient (Wildman–Crippen LogP) is 1.21. The number of likely N-dealkylation sites (N-methyl/N-ethyl adjacent to an activating group) is 1. The van der Waals surface area contributed by atoms with Gasteiger partial charge >= 0.3 is 0 Å². The minimum atomic E-state index is 0.0838. The molecule has 1 aromatic rings. The van der Waals surface area contributed by atoms with Gasteiger partial charge in [0.1, 0.15) is 5.82 Å². The average Bonchev–Trinajstić information content (AvgIpc) is 3.38. The maximum absolute atomic E-state index is 13.2. The lowest BCUT2D eigenvalue weighted by atomic mass is 9.98. The Kier molecular flexibility index (Phi) is 3.81. The second-order valence-corrected chi connectivity index (χ2v) is 7.02. The molecule has 2 saturated heterocycles. The summed E-state index contributed by atoms with van der Waals surface area (Å²) in [5.41, 5.74) is 1.65. The minimum Gasteiger partial charge on any atom is -0.374 e. The fourth-order valence-corrected chi connectivity index (χ4v) is 3.76. The molecule has 0 radical (unpaired) electrons. The van der Waals surface area contributed by atoms with Crippen LogP contribution in [0, 0.1) is 6.92 Å². The molecule has 124 valence electrons. The van der Waals surface area contributed by atoms with E-state index in [-0.39, 0.29) is 18.1 Å². The highest BCUT2D eigenvalue weighted by Gasteiger charge is 2.40. The van der Waals surface area contributed by atoms with Crippen LogP contribution in [0.3, 0.4) is 0 Å². The van der Waals surface area contributed by atoms with Gasteiger partial charge in [-0.25, -0.2) is 9.97 Å². The van der Waals surface area contributed by atoms with Gasteiger partial charge in [0.15, 0.2) is 0 Å². The Morgan fingerprint density at radius 3 is 2.91 bits per heavy atom. The number of hydrogen-bond acceptors (Lipinski definition) is 5. The summed E-state index contributed by atoms with van der Waals surface area (Å²) in [5.74, 6) is 1.28. The SMILES string of the molecule is Cc1ncc(C(=O)N2CCO[C@H]3CCN(C)C[C@H]32)c(C2CC2)n1. The molecule has 3 heterocycles. The summed E-state index contributed by atoms with van der Waals surface area (Å²) in [7, 11) is 2.11. The molecule has 0 unspecified atom stereocenters. The second-order valence-electron chi connectivity index (χ2n) is 7.02. The smallest absolute Gasteiger partial charge is 0.257 e. The van der Waals surface area contributed by atoms with Gasteiger partial charge in [-0.2, -0.15) is 0 Å². The van der Waals surface area contributed by atoms with Crippen molar-refractivity contribution in [1.29, 1.82) is 0 Å². The molecule has 6 heteroatoms. The second kappa shape index (κ2) is 5.83. The third-order valence-electron chi connectivity index (χ3n) is 5.18. The molecule has 1 amide bonds. The van der Waals surface area contributed by atoms with Gasteiger partial charge in [0, 0.05) is 31.7 Å². The van der Waals surface area contributed by atoms with E-state index in [2.05, 4.69) is 21.9 Å². The largest absolute Gasteiger partial charge is 0.374 e. The molecular weight excluding hydrogens is 292 g/mol. The normalized spacial score (nSPS) is 28.5. The number of aromatic nitrogens is 2. The monoisotopic (exact) mass is 316 g/mol. The number of ether oxygens (including phenoxy) is 1. The summed E-state index contributed by atoms with van der Waals surface area (Å²) in [4.78, 5) is 26.3. The highest BCUT2D eigenvalue weighted by Crippen LogP contribution is 2.41. The van der Waals surface area contributed by atoms with Gasteiger partial charge < -0.3 is 14.5 Å². The van der Waals surface area contributed by atoms with E-state index in [1.54, 1.807) is 6.20 Å². The fourth-order valence-electron chi connectivity index (χ4n) is 3.76. The predicted molar refractivity (Wildman–Crippen MR) is 85.4 cm³/mol. The van der Waals surface area contributed by atoms with Gasteiger partial charge in [0.2, 0.25) is 0 Å². The standard InChI is InChI=1S/C17H24N4O2/c1-11-18-9-13(16(19-11)12-3-4-12)17(22)21-7-8-23-15-5-6-20(2)10-14(15)21/h9,12,14-15H,3-8,10H2,1-2H3/t14-,15+/m1/s1. The van der Waals surface area contributed by atoms with E-state index < -0.39 is 0 Å². The van der Waals surface area contributed by atoms with E-state index in [0.29, 0.717) is 24.6 Å². The molecule has 0 aromatic carbocycles. The summed E-state index contributed by atoms with van der Waals surface area (Å²) in [6, 6.07) is 0.142. The third-order valence-corrected chi connectivity index (χ3v) is 5.18. The van der Waals surface area contributed by atoms with E-state index in [9.17, 15) is 4.79 Å². The number of carbonyl (C=O) groups is 1. The van der Waals surface area contributed by atoms with Crippen molar-refractivity contribution in [1.82, 2.24) is 19.8 Å². The van der Waals surface area contributed by atoms with Gasteiger partial charge in [-0.3, -0.25) is 4.79 Å². The van der Waals surface area contributed by atoms with Crippen LogP contribution in [0.4, 0.5) is 0 Å². The zero-order valence-electron chi connectivity index (χ0n) is 13.9. The van der Waals surface area contributed by atoms with Crippen molar-refractivity contribution < 1.29 is 9.53 Å². The summed E-state index contributed by atoms with van der Waals surface area (Å²) < 4.78 is 5.90. The molecule has 0 spiro atoms. The third kappa shape index (κ3) is 2.85. The van der Waals surface area contributed by atoms with Gasteiger partial charge in [0.25, 0.3) is 5.91 Å². The number of likely N-dealkylation sites (tertiary alicyclic amines) is 1. The molecule has 1 aromatic heterocycles. The van der Waals surface area contributed by atoms with Crippen molar-refractivity contribution in [2.75, 3.05) is 33.3 Å². The van der Waals surface area contributed by atoms with Crippen molar-refractivity contribution in [2.24, 2.45) is 0 Å².